The van der Waals surface area contributed by atoms with Gasteiger partial charge in [-0.25, -0.2) is 4.98 Å². The van der Waals surface area contributed by atoms with Crippen LogP contribution in [0.3, 0.4) is 0 Å². The molecule has 5 heteroatoms. The number of nitrogens with zero attached hydrogens (tertiary/aromatic N) is 1. The fraction of sp³-hybridized carbons (Fsp3) is 0.0588. The van der Waals surface area contributed by atoms with Crippen LogP contribution in [0.2, 0.25) is 0 Å². The molecule has 0 aliphatic carbocycles. The lowest BCUT2D eigenvalue weighted by atomic mass is 10.1. The lowest BCUT2D eigenvalue weighted by molar-refractivity contribution is 0.100. The van der Waals surface area contributed by atoms with E-state index in [-0.39, 0.29) is 11.4 Å². The maximum absolute atomic E-state index is 11.3. The predicted octanol–water partition coefficient (Wildman–Crippen LogP) is 2.49. The first kappa shape index (κ1) is 13.9. The highest BCUT2D eigenvalue weighted by Crippen LogP contribution is 2.23. The van der Waals surface area contributed by atoms with Gasteiger partial charge >= 0.3 is 0 Å². The molecule has 1 amide bonds. The van der Waals surface area contributed by atoms with E-state index >= 15 is 0 Å². The molecule has 0 saturated heterocycles. The fourth-order valence-electron chi connectivity index (χ4n) is 2.20. The first-order chi connectivity index (χ1) is 10.6. The first-order valence-electron chi connectivity index (χ1n) is 6.80. The Kier molecular flexibility index (Phi) is 3.62. The minimum Gasteiger partial charge on any atom is -0.489 e. The number of hydrogen-bond acceptors (Lipinski definition) is 4. The van der Waals surface area contributed by atoms with E-state index < -0.39 is 5.91 Å². The van der Waals surface area contributed by atoms with Gasteiger partial charge in [-0.05, 0) is 29.8 Å². The van der Waals surface area contributed by atoms with Crippen LogP contribution in [0.25, 0.3) is 10.9 Å². The Bertz CT molecular complexity index is 832. The second kappa shape index (κ2) is 5.73. The van der Waals surface area contributed by atoms with Crippen LogP contribution in [0.15, 0.2) is 54.6 Å². The van der Waals surface area contributed by atoms with E-state index in [1.165, 1.54) is 0 Å². The number of nitrogen functional groups attached to an aromatic ring is 1. The molecule has 110 valence electrons. The van der Waals surface area contributed by atoms with Gasteiger partial charge < -0.3 is 16.2 Å². The molecule has 0 fully saturated rings. The maximum atomic E-state index is 11.3. The van der Waals surface area contributed by atoms with Crippen LogP contribution in [-0.4, -0.2) is 10.9 Å². The Balaban J connectivity index is 1.88. The van der Waals surface area contributed by atoms with Gasteiger partial charge in [0.25, 0.3) is 5.91 Å². The Labute approximate surface area is 127 Å². The highest BCUT2D eigenvalue weighted by atomic mass is 16.5. The number of pyridine rings is 1. The van der Waals surface area contributed by atoms with E-state index in [0.29, 0.717) is 17.9 Å². The van der Waals surface area contributed by atoms with Crippen molar-refractivity contribution in [1.82, 2.24) is 4.98 Å². The van der Waals surface area contributed by atoms with Crippen molar-refractivity contribution in [2.24, 2.45) is 5.73 Å². The summed E-state index contributed by atoms with van der Waals surface area (Å²) in [5.74, 6) is 0.235. The molecular formula is C17H15N3O2. The van der Waals surface area contributed by atoms with Crippen LogP contribution in [0.5, 0.6) is 5.75 Å². The number of carbonyl (C=O) groups excluding carboxylic acids is 1. The maximum Gasteiger partial charge on any atom is 0.252 e. The number of nitrogens with two attached hydrogens (primary N) is 2. The number of ether oxygens (including phenoxy) is 1. The van der Waals surface area contributed by atoms with Crippen LogP contribution < -0.4 is 16.2 Å². The number of amides is 1. The molecule has 1 heterocycles. The molecule has 22 heavy (non-hydrogen) atoms. The predicted molar refractivity (Wildman–Crippen MR) is 85.4 cm³/mol. The Morgan fingerprint density at radius 2 is 1.86 bits per heavy atom. The van der Waals surface area contributed by atoms with E-state index in [2.05, 4.69) is 4.98 Å². The fourth-order valence-corrected chi connectivity index (χ4v) is 2.20. The van der Waals surface area contributed by atoms with Crippen LogP contribution in [-0.2, 0) is 6.61 Å². The third kappa shape index (κ3) is 2.83. The molecule has 4 N–H and O–H groups in total. The quantitative estimate of drug-likeness (QED) is 0.773. The second-order valence-corrected chi connectivity index (χ2v) is 4.91. The molecule has 0 atom stereocenters. The standard InChI is InChI=1S/C17H15N3O2/c18-16-14(17(19)21)9-12-8-13(6-7-15(12)20-16)22-10-11-4-2-1-3-5-11/h1-9H,10H2,(H2,18,20)(H2,19,21). The van der Waals surface area contributed by atoms with Crippen molar-refractivity contribution in [1.29, 1.82) is 0 Å². The number of aromatic nitrogens is 1. The summed E-state index contributed by atoms with van der Waals surface area (Å²) >= 11 is 0. The van der Waals surface area contributed by atoms with Crippen molar-refractivity contribution in [2.45, 2.75) is 6.61 Å². The van der Waals surface area contributed by atoms with Crippen LogP contribution >= 0.6 is 0 Å². The van der Waals surface area contributed by atoms with E-state index in [1.54, 1.807) is 12.1 Å². The normalized spacial score (nSPS) is 10.5. The number of hydrogen-bond donors (Lipinski definition) is 2. The van der Waals surface area contributed by atoms with Gasteiger partial charge in [-0.3, -0.25) is 4.79 Å². The van der Waals surface area contributed by atoms with Gasteiger partial charge in [0.05, 0.1) is 11.1 Å². The van der Waals surface area contributed by atoms with Crippen LogP contribution in [0.4, 0.5) is 5.82 Å². The summed E-state index contributed by atoms with van der Waals surface area (Å²) in [5.41, 5.74) is 13.0. The van der Waals surface area contributed by atoms with Crippen molar-refractivity contribution in [3.8, 4) is 5.75 Å². The molecule has 2 aromatic carbocycles. The van der Waals surface area contributed by atoms with Gasteiger partial charge in [-0.2, -0.15) is 0 Å². The van der Waals surface area contributed by atoms with Gasteiger partial charge in [0.1, 0.15) is 18.2 Å². The van der Waals surface area contributed by atoms with Crippen LogP contribution in [0, 0.1) is 0 Å². The summed E-state index contributed by atoms with van der Waals surface area (Å²) in [7, 11) is 0. The Morgan fingerprint density at radius 3 is 2.59 bits per heavy atom. The summed E-state index contributed by atoms with van der Waals surface area (Å²) in [5, 5.41) is 0.758. The van der Waals surface area contributed by atoms with Gasteiger partial charge in [0.2, 0.25) is 0 Å². The molecular weight excluding hydrogens is 278 g/mol. The molecule has 0 aliphatic rings. The lowest BCUT2D eigenvalue weighted by Gasteiger charge is -2.08. The zero-order chi connectivity index (χ0) is 15.5. The smallest absolute Gasteiger partial charge is 0.252 e. The van der Waals surface area contributed by atoms with Crippen molar-refractivity contribution >= 4 is 22.6 Å². The van der Waals surface area contributed by atoms with E-state index in [4.69, 9.17) is 16.2 Å². The van der Waals surface area contributed by atoms with Gasteiger partial charge in [-0.1, -0.05) is 30.3 Å². The third-order valence-corrected chi connectivity index (χ3v) is 3.33. The third-order valence-electron chi connectivity index (χ3n) is 3.33. The average molecular weight is 293 g/mol. The number of fused-ring (bicyclic) bond motifs is 1. The SMILES string of the molecule is NC(=O)c1cc2cc(OCc3ccccc3)ccc2nc1N. The highest BCUT2D eigenvalue weighted by Gasteiger charge is 2.09. The van der Waals surface area contributed by atoms with Crippen molar-refractivity contribution in [3.63, 3.8) is 0 Å². The summed E-state index contributed by atoms with van der Waals surface area (Å²) in [6.45, 7) is 0.470. The van der Waals surface area contributed by atoms with E-state index in [1.807, 2.05) is 42.5 Å². The zero-order valence-corrected chi connectivity index (χ0v) is 11.8. The minimum absolute atomic E-state index is 0.137. The molecule has 3 aromatic rings. The second-order valence-electron chi connectivity index (χ2n) is 4.91. The molecule has 0 aliphatic heterocycles. The Morgan fingerprint density at radius 1 is 1.09 bits per heavy atom. The summed E-state index contributed by atoms with van der Waals surface area (Å²) < 4.78 is 5.76. The summed E-state index contributed by atoms with van der Waals surface area (Å²) in [6, 6.07) is 16.9. The van der Waals surface area contributed by atoms with Crippen LogP contribution in [0.1, 0.15) is 15.9 Å². The van der Waals surface area contributed by atoms with Crippen molar-refractivity contribution in [2.75, 3.05) is 5.73 Å². The monoisotopic (exact) mass is 293 g/mol. The van der Waals surface area contributed by atoms with Crippen molar-refractivity contribution < 1.29 is 9.53 Å². The minimum atomic E-state index is -0.595. The first-order valence-corrected chi connectivity index (χ1v) is 6.80. The van der Waals surface area contributed by atoms with E-state index in [0.717, 1.165) is 10.9 Å². The van der Waals surface area contributed by atoms with Gasteiger partial charge in [0.15, 0.2) is 0 Å². The topological polar surface area (TPSA) is 91.2 Å². The number of rotatable bonds is 4. The molecule has 0 bridgehead atoms. The average Bonchev–Trinajstić information content (AvgIpc) is 2.53. The van der Waals surface area contributed by atoms with Crippen molar-refractivity contribution in [3.05, 3.63) is 65.7 Å². The van der Waals surface area contributed by atoms with E-state index in [9.17, 15) is 4.79 Å². The molecule has 1 aromatic heterocycles. The highest BCUT2D eigenvalue weighted by molar-refractivity contribution is 6.01. The molecule has 0 spiro atoms. The summed E-state index contributed by atoms with van der Waals surface area (Å²) in [6.07, 6.45) is 0. The number of carbonyl (C=O) groups is 1. The Hall–Kier alpha value is -3.08. The molecule has 5 nitrogen and oxygen atoms in total. The largest absolute Gasteiger partial charge is 0.489 e. The molecule has 3 rings (SSSR count). The molecule has 0 unspecified atom stereocenters. The van der Waals surface area contributed by atoms with Gasteiger partial charge in [-0.15, -0.1) is 0 Å². The number of benzene rings is 2. The molecule has 0 saturated carbocycles. The lowest BCUT2D eigenvalue weighted by Crippen LogP contribution is -2.14. The molecule has 0 radical (unpaired) electrons. The van der Waals surface area contributed by atoms with Gasteiger partial charge in [0, 0.05) is 5.39 Å². The number of anilines is 1. The zero-order valence-electron chi connectivity index (χ0n) is 11.8. The summed E-state index contributed by atoms with van der Waals surface area (Å²) in [4.78, 5) is 15.5. The number of primary amides is 1.